The second-order valence-corrected chi connectivity index (χ2v) is 4.80. The Hall–Kier alpha value is -0.110. The van der Waals surface area contributed by atoms with Crippen molar-refractivity contribution in [2.24, 2.45) is 0 Å². The Morgan fingerprint density at radius 2 is 1.69 bits per heavy atom. The Morgan fingerprint density at radius 1 is 1.23 bits per heavy atom. The van der Waals surface area contributed by atoms with Gasteiger partial charge in [-0.3, -0.25) is 4.57 Å². The van der Waals surface area contributed by atoms with Crippen LogP contribution in [0.2, 0.25) is 0 Å². The molecule has 0 heterocycles. The summed E-state index contributed by atoms with van der Waals surface area (Å²) in [5.74, 6) is 0. The quantitative estimate of drug-likeness (QED) is 0.623. The molecule has 0 aromatic carbocycles. The molecule has 78 valence electrons. The minimum atomic E-state index is -2.97. The lowest BCUT2D eigenvalue weighted by molar-refractivity contribution is 0.226. The van der Waals surface area contributed by atoms with Gasteiger partial charge < -0.3 is 9.05 Å². The molecular formula is C9H19O3P. The highest BCUT2D eigenvalue weighted by Gasteiger charge is 2.25. The Bertz CT molecular complexity index is 201. The maximum atomic E-state index is 12.0. The van der Waals surface area contributed by atoms with Gasteiger partial charge in [0.2, 0.25) is 0 Å². The summed E-state index contributed by atoms with van der Waals surface area (Å²) in [6.45, 7) is 8.22. The van der Waals surface area contributed by atoms with Crippen LogP contribution >= 0.6 is 7.60 Å². The van der Waals surface area contributed by atoms with Crippen LogP contribution in [0.3, 0.4) is 0 Å². The molecule has 0 rings (SSSR count). The number of hydrogen-bond acceptors (Lipinski definition) is 3. The average molecular weight is 206 g/mol. The van der Waals surface area contributed by atoms with Gasteiger partial charge in [-0.2, -0.15) is 0 Å². The second kappa shape index (κ2) is 6.36. The predicted molar refractivity (Wildman–Crippen MR) is 54.9 cm³/mol. The van der Waals surface area contributed by atoms with Gasteiger partial charge in [0.05, 0.1) is 13.2 Å². The van der Waals surface area contributed by atoms with E-state index in [0.29, 0.717) is 18.5 Å². The van der Waals surface area contributed by atoms with Crippen LogP contribution in [0.15, 0.2) is 11.4 Å². The van der Waals surface area contributed by atoms with Gasteiger partial charge in [0.15, 0.2) is 0 Å². The summed E-state index contributed by atoms with van der Waals surface area (Å²) in [5, 5.41) is 0.707. The van der Waals surface area contributed by atoms with Gasteiger partial charge in [-0.15, -0.1) is 0 Å². The molecule has 0 aliphatic carbocycles. The minimum Gasteiger partial charge on any atom is -0.306 e. The zero-order chi connectivity index (χ0) is 10.3. The van der Waals surface area contributed by atoms with Crippen molar-refractivity contribution in [3.63, 3.8) is 0 Å². The van der Waals surface area contributed by atoms with Gasteiger partial charge in [-0.1, -0.05) is 13.0 Å². The van der Waals surface area contributed by atoms with Crippen molar-refractivity contribution in [1.82, 2.24) is 0 Å². The molecule has 0 saturated heterocycles. The summed E-state index contributed by atoms with van der Waals surface area (Å²) in [6.07, 6.45) is 2.72. The molecule has 0 bridgehead atoms. The van der Waals surface area contributed by atoms with Crippen LogP contribution in [0, 0.1) is 0 Å². The third-order valence-electron chi connectivity index (χ3n) is 1.53. The molecule has 0 fully saturated rings. The van der Waals surface area contributed by atoms with E-state index < -0.39 is 7.60 Å². The lowest BCUT2D eigenvalue weighted by Gasteiger charge is -2.17. The van der Waals surface area contributed by atoms with Crippen molar-refractivity contribution in [3.05, 3.63) is 11.4 Å². The van der Waals surface area contributed by atoms with E-state index in [1.807, 2.05) is 26.8 Å². The predicted octanol–water partition coefficient (Wildman–Crippen LogP) is 3.57. The second-order valence-electron chi connectivity index (χ2n) is 2.59. The molecule has 0 aliphatic rings. The molecule has 0 aromatic heterocycles. The zero-order valence-corrected chi connectivity index (χ0v) is 9.77. The molecule has 0 aliphatic heterocycles. The molecule has 0 amide bonds. The largest absolute Gasteiger partial charge is 0.356 e. The number of hydrogen-bond donors (Lipinski definition) is 0. The van der Waals surface area contributed by atoms with Crippen molar-refractivity contribution in [2.75, 3.05) is 13.2 Å². The van der Waals surface area contributed by atoms with Gasteiger partial charge in [0.1, 0.15) is 0 Å². The molecule has 0 saturated carbocycles. The maximum Gasteiger partial charge on any atom is 0.356 e. The highest BCUT2D eigenvalue weighted by atomic mass is 31.2. The topological polar surface area (TPSA) is 35.5 Å². The highest BCUT2D eigenvalue weighted by molar-refractivity contribution is 7.58. The van der Waals surface area contributed by atoms with Gasteiger partial charge in [0.25, 0.3) is 0 Å². The van der Waals surface area contributed by atoms with Crippen LogP contribution in [0.4, 0.5) is 0 Å². The summed E-state index contributed by atoms with van der Waals surface area (Å²) in [5.41, 5.74) is 0. The average Bonchev–Trinajstić information content (AvgIpc) is 2.05. The SMILES string of the molecule is CC/C=C(\C)P(=O)(OCC)OCC. The first-order chi connectivity index (χ1) is 6.10. The first kappa shape index (κ1) is 12.9. The van der Waals surface area contributed by atoms with E-state index in [1.54, 1.807) is 6.92 Å². The van der Waals surface area contributed by atoms with Crippen LogP contribution in [0.1, 0.15) is 34.1 Å². The first-order valence-electron chi connectivity index (χ1n) is 4.67. The van der Waals surface area contributed by atoms with Gasteiger partial charge >= 0.3 is 7.60 Å². The summed E-state index contributed by atoms with van der Waals surface area (Å²) < 4.78 is 22.3. The molecule has 0 spiro atoms. The highest BCUT2D eigenvalue weighted by Crippen LogP contribution is 2.55. The summed E-state index contributed by atoms with van der Waals surface area (Å²) in [6, 6.07) is 0. The van der Waals surface area contributed by atoms with E-state index in [4.69, 9.17) is 9.05 Å². The molecule has 0 N–H and O–H groups in total. The Kier molecular flexibility index (Phi) is 6.31. The maximum absolute atomic E-state index is 12.0. The summed E-state index contributed by atoms with van der Waals surface area (Å²) in [7, 11) is -2.97. The molecular weight excluding hydrogens is 187 g/mol. The lowest BCUT2D eigenvalue weighted by Crippen LogP contribution is -1.96. The van der Waals surface area contributed by atoms with Crippen molar-refractivity contribution < 1.29 is 13.6 Å². The third-order valence-corrected chi connectivity index (χ3v) is 3.77. The Labute approximate surface area is 80.7 Å². The van der Waals surface area contributed by atoms with Crippen molar-refractivity contribution >= 4 is 7.60 Å². The van der Waals surface area contributed by atoms with E-state index in [0.717, 1.165) is 6.42 Å². The normalized spacial score (nSPS) is 13.4. The van der Waals surface area contributed by atoms with Crippen LogP contribution in [-0.4, -0.2) is 13.2 Å². The third kappa shape index (κ3) is 4.08. The molecule has 0 atom stereocenters. The Balaban J connectivity index is 4.57. The fourth-order valence-electron chi connectivity index (χ4n) is 0.988. The van der Waals surface area contributed by atoms with E-state index in [-0.39, 0.29) is 0 Å². The fourth-order valence-corrected chi connectivity index (χ4v) is 2.56. The monoisotopic (exact) mass is 206 g/mol. The van der Waals surface area contributed by atoms with Gasteiger partial charge in [-0.05, 0) is 27.2 Å². The fraction of sp³-hybridized carbons (Fsp3) is 0.778. The van der Waals surface area contributed by atoms with Crippen molar-refractivity contribution in [3.8, 4) is 0 Å². The van der Waals surface area contributed by atoms with E-state index in [2.05, 4.69) is 0 Å². The summed E-state index contributed by atoms with van der Waals surface area (Å²) in [4.78, 5) is 0. The first-order valence-corrected chi connectivity index (χ1v) is 6.21. The Morgan fingerprint density at radius 3 is 2.00 bits per heavy atom. The van der Waals surface area contributed by atoms with E-state index in [9.17, 15) is 4.57 Å². The van der Waals surface area contributed by atoms with Crippen LogP contribution in [-0.2, 0) is 13.6 Å². The molecule has 4 heteroatoms. The number of rotatable bonds is 6. The van der Waals surface area contributed by atoms with Gasteiger partial charge in [0, 0.05) is 5.31 Å². The molecule has 0 unspecified atom stereocenters. The van der Waals surface area contributed by atoms with Crippen molar-refractivity contribution in [2.45, 2.75) is 34.1 Å². The van der Waals surface area contributed by atoms with Gasteiger partial charge in [-0.25, -0.2) is 0 Å². The zero-order valence-electron chi connectivity index (χ0n) is 8.87. The minimum absolute atomic E-state index is 0.409. The van der Waals surface area contributed by atoms with E-state index >= 15 is 0 Å². The molecule has 0 aromatic rings. The molecule has 13 heavy (non-hydrogen) atoms. The van der Waals surface area contributed by atoms with Crippen LogP contribution in [0.5, 0.6) is 0 Å². The smallest absolute Gasteiger partial charge is 0.306 e. The van der Waals surface area contributed by atoms with Crippen LogP contribution < -0.4 is 0 Å². The summed E-state index contributed by atoms with van der Waals surface area (Å²) >= 11 is 0. The lowest BCUT2D eigenvalue weighted by atomic mass is 10.4. The van der Waals surface area contributed by atoms with E-state index in [1.165, 1.54) is 0 Å². The number of allylic oxidation sites excluding steroid dienone is 2. The molecule has 0 radical (unpaired) electrons. The van der Waals surface area contributed by atoms with Crippen molar-refractivity contribution in [1.29, 1.82) is 0 Å². The molecule has 3 nitrogen and oxygen atoms in total. The van der Waals surface area contributed by atoms with Crippen LogP contribution in [0.25, 0.3) is 0 Å². The standard InChI is InChI=1S/C9H19O3P/c1-5-8-9(4)13(10,11-6-2)12-7-3/h8H,5-7H2,1-4H3/b9-8+.